The highest BCUT2D eigenvalue weighted by Gasteiger charge is 2.06. The fraction of sp³-hybridized carbons (Fsp3) is 0.250. The first kappa shape index (κ1) is 12.0. The Kier molecular flexibility index (Phi) is 3.68. The third kappa shape index (κ3) is 3.00. The van der Waals surface area contributed by atoms with Crippen LogP contribution in [-0.4, -0.2) is 19.5 Å². The van der Waals surface area contributed by atoms with E-state index in [0.29, 0.717) is 17.1 Å². The molecule has 0 bridgehead atoms. The van der Waals surface area contributed by atoms with Crippen molar-refractivity contribution in [2.24, 2.45) is 7.05 Å². The quantitative estimate of drug-likeness (QED) is 0.833. The summed E-state index contributed by atoms with van der Waals surface area (Å²) in [6, 6.07) is 5.77. The zero-order chi connectivity index (χ0) is 12.3. The van der Waals surface area contributed by atoms with Crippen LogP contribution in [0.1, 0.15) is 5.82 Å². The molecule has 0 N–H and O–H groups in total. The minimum atomic E-state index is -1.10. The minimum absolute atomic E-state index is 0.310. The number of aromatic nitrogens is 2. The van der Waals surface area contributed by atoms with Crippen LogP contribution in [0.2, 0.25) is 0 Å². The van der Waals surface area contributed by atoms with Crippen LogP contribution in [0.3, 0.4) is 0 Å². The number of hydrogen-bond acceptors (Lipinski definition) is 2. The van der Waals surface area contributed by atoms with Crippen molar-refractivity contribution in [2.75, 3.05) is 5.75 Å². The molecule has 0 aliphatic rings. The summed E-state index contributed by atoms with van der Waals surface area (Å²) >= 11 is 0. The Morgan fingerprint density at radius 3 is 2.65 bits per heavy atom. The summed E-state index contributed by atoms with van der Waals surface area (Å²) in [5, 5.41) is 0. The fourth-order valence-electron chi connectivity index (χ4n) is 1.53. The molecule has 0 saturated heterocycles. The van der Waals surface area contributed by atoms with Crippen LogP contribution in [0.25, 0.3) is 0 Å². The van der Waals surface area contributed by atoms with Crippen LogP contribution in [0.15, 0.2) is 41.6 Å². The normalized spacial score (nSPS) is 12.6. The predicted molar refractivity (Wildman–Crippen MR) is 64.6 cm³/mol. The van der Waals surface area contributed by atoms with Crippen molar-refractivity contribution in [3.63, 3.8) is 0 Å². The first-order valence-electron chi connectivity index (χ1n) is 5.27. The first-order chi connectivity index (χ1) is 8.16. The molecule has 5 heteroatoms. The smallest absolute Gasteiger partial charge is 0.123 e. The molecule has 0 amide bonds. The second kappa shape index (κ2) is 5.23. The molecule has 2 aromatic rings. The second-order valence-electron chi connectivity index (χ2n) is 3.71. The van der Waals surface area contributed by atoms with Crippen LogP contribution in [-0.2, 0) is 24.3 Å². The van der Waals surface area contributed by atoms with E-state index in [2.05, 4.69) is 4.98 Å². The van der Waals surface area contributed by atoms with Gasteiger partial charge >= 0.3 is 0 Å². The molecule has 1 aromatic heterocycles. The Morgan fingerprint density at radius 1 is 1.35 bits per heavy atom. The molecule has 0 saturated carbocycles. The molecule has 1 aromatic carbocycles. The number of aryl methyl sites for hydroxylation is 2. The number of halogens is 1. The van der Waals surface area contributed by atoms with Gasteiger partial charge in [-0.2, -0.15) is 0 Å². The van der Waals surface area contributed by atoms with Gasteiger partial charge < -0.3 is 4.57 Å². The van der Waals surface area contributed by atoms with Crippen LogP contribution in [0.5, 0.6) is 0 Å². The standard InChI is InChI=1S/C12H13FN2OS/c1-15-8-7-14-12(15)6-9-17(16)11-4-2-10(13)3-5-11/h2-5,7-8H,6,9H2,1H3. The molecule has 3 nitrogen and oxygen atoms in total. The van der Waals surface area contributed by atoms with Gasteiger partial charge in [0.2, 0.25) is 0 Å². The lowest BCUT2D eigenvalue weighted by atomic mass is 10.4. The number of nitrogens with zero attached hydrogens (tertiary/aromatic N) is 2. The zero-order valence-corrected chi connectivity index (χ0v) is 10.3. The van der Waals surface area contributed by atoms with E-state index in [9.17, 15) is 8.60 Å². The van der Waals surface area contributed by atoms with E-state index in [-0.39, 0.29) is 5.82 Å². The van der Waals surface area contributed by atoms with Gasteiger partial charge in [0.25, 0.3) is 0 Å². The van der Waals surface area contributed by atoms with Crippen molar-refractivity contribution >= 4 is 10.8 Å². The minimum Gasteiger partial charge on any atom is -0.338 e. The molecule has 1 unspecified atom stereocenters. The molecule has 0 spiro atoms. The molecular weight excluding hydrogens is 239 g/mol. The summed E-state index contributed by atoms with van der Waals surface area (Å²) < 4.78 is 26.5. The molecular formula is C12H13FN2OS. The highest BCUT2D eigenvalue weighted by Crippen LogP contribution is 2.09. The largest absolute Gasteiger partial charge is 0.338 e. The molecule has 2 rings (SSSR count). The van der Waals surface area contributed by atoms with Crippen molar-refractivity contribution < 1.29 is 8.60 Å². The molecule has 1 heterocycles. The van der Waals surface area contributed by atoms with E-state index in [1.807, 2.05) is 17.8 Å². The van der Waals surface area contributed by atoms with Crippen LogP contribution < -0.4 is 0 Å². The SMILES string of the molecule is Cn1ccnc1CCS(=O)c1ccc(F)cc1. The van der Waals surface area contributed by atoms with E-state index in [0.717, 1.165) is 5.82 Å². The molecule has 0 radical (unpaired) electrons. The van der Waals surface area contributed by atoms with Crippen molar-refractivity contribution in [1.82, 2.24) is 9.55 Å². The van der Waals surface area contributed by atoms with Gasteiger partial charge in [-0.3, -0.25) is 4.21 Å². The van der Waals surface area contributed by atoms with Crippen molar-refractivity contribution in [1.29, 1.82) is 0 Å². The maximum atomic E-state index is 12.7. The van der Waals surface area contributed by atoms with E-state index < -0.39 is 10.8 Å². The molecule has 1 atom stereocenters. The van der Waals surface area contributed by atoms with Gasteiger partial charge in [0.05, 0.1) is 10.8 Å². The molecule has 0 aliphatic carbocycles. The Labute approximate surface area is 102 Å². The lowest BCUT2D eigenvalue weighted by Gasteiger charge is -2.03. The monoisotopic (exact) mass is 252 g/mol. The third-order valence-electron chi connectivity index (χ3n) is 2.51. The highest BCUT2D eigenvalue weighted by molar-refractivity contribution is 7.85. The number of rotatable bonds is 4. The number of benzene rings is 1. The zero-order valence-electron chi connectivity index (χ0n) is 9.47. The number of hydrogen-bond donors (Lipinski definition) is 0. The van der Waals surface area contributed by atoms with E-state index >= 15 is 0 Å². The van der Waals surface area contributed by atoms with Crippen molar-refractivity contribution in [2.45, 2.75) is 11.3 Å². The van der Waals surface area contributed by atoms with Gasteiger partial charge in [-0.05, 0) is 24.3 Å². The summed E-state index contributed by atoms with van der Waals surface area (Å²) in [6.45, 7) is 0. The van der Waals surface area contributed by atoms with Crippen molar-refractivity contribution in [3.8, 4) is 0 Å². The summed E-state index contributed by atoms with van der Waals surface area (Å²) in [5.41, 5.74) is 0. The third-order valence-corrected chi connectivity index (χ3v) is 3.88. The summed E-state index contributed by atoms with van der Waals surface area (Å²) in [6.07, 6.45) is 4.22. The summed E-state index contributed by atoms with van der Waals surface area (Å²) in [7, 11) is 0.801. The van der Waals surface area contributed by atoms with E-state index in [1.165, 1.54) is 12.1 Å². The van der Waals surface area contributed by atoms with Gasteiger partial charge in [0, 0.05) is 36.5 Å². The Hall–Kier alpha value is -1.49. The average Bonchev–Trinajstić information content (AvgIpc) is 2.73. The van der Waals surface area contributed by atoms with Crippen molar-refractivity contribution in [3.05, 3.63) is 48.3 Å². The summed E-state index contributed by atoms with van der Waals surface area (Å²) in [4.78, 5) is 4.82. The molecule has 90 valence electrons. The fourth-order valence-corrected chi connectivity index (χ4v) is 2.57. The lowest BCUT2D eigenvalue weighted by Crippen LogP contribution is -2.06. The molecule has 0 fully saturated rings. The summed E-state index contributed by atoms with van der Waals surface area (Å²) in [5.74, 6) is 1.09. The van der Waals surface area contributed by atoms with Gasteiger partial charge in [0.1, 0.15) is 11.6 Å². The highest BCUT2D eigenvalue weighted by atomic mass is 32.2. The molecule has 17 heavy (non-hydrogen) atoms. The topological polar surface area (TPSA) is 34.9 Å². The van der Waals surface area contributed by atoms with E-state index in [1.54, 1.807) is 18.3 Å². The second-order valence-corrected chi connectivity index (χ2v) is 5.28. The first-order valence-corrected chi connectivity index (χ1v) is 6.59. The van der Waals surface area contributed by atoms with Crippen LogP contribution in [0.4, 0.5) is 4.39 Å². The number of imidazole rings is 1. The lowest BCUT2D eigenvalue weighted by molar-refractivity contribution is 0.626. The maximum absolute atomic E-state index is 12.7. The molecule has 0 aliphatic heterocycles. The Bertz CT molecular complexity index is 522. The van der Waals surface area contributed by atoms with Crippen LogP contribution in [0, 0.1) is 5.82 Å². The van der Waals surface area contributed by atoms with Gasteiger partial charge in [0.15, 0.2) is 0 Å². The Balaban J connectivity index is 1.98. The Morgan fingerprint density at radius 2 is 2.06 bits per heavy atom. The van der Waals surface area contributed by atoms with Gasteiger partial charge in [-0.25, -0.2) is 9.37 Å². The van der Waals surface area contributed by atoms with E-state index in [4.69, 9.17) is 0 Å². The van der Waals surface area contributed by atoms with Gasteiger partial charge in [-0.1, -0.05) is 0 Å². The van der Waals surface area contributed by atoms with Crippen LogP contribution >= 0.6 is 0 Å². The average molecular weight is 252 g/mol. The maximum Gasteiger partial charge on any atom is 0.123 e. The predicted octanol–water partition coefficient (Wildman–Crippen LogP) is 1.91. The van der Waals surface area contributed by atoms with Gasteiger partial charge in [-0.15, -0.1) is 0 Å².